The van der Waals surface area contributed by atoms with Crippen LogP contribution in [0.25, 0.3) is 0 Å². The molecule has 0 saturated heterocycles. The second kappa shape index (κ2) is 8.37. The third kappa shape index (κ3) is 4.99. The number of esters is 1. The maximum Gasteiger partial charge on any atom is 0.339 e. The van der Waals surface area contributed by atoms with Crippen LogP contribution in [0.3, 0.4) is 0 Å². The van der Waals surface area contributed by atoms with Crippen LogP contribution in [0.2, 0.25) is 0 Å². The van der Waals surface area contributed by atoms with Gasteiger partial charge < -0.3 is 15.2 Å². The molecule has 0 bridgehead atoms. The van der Waals surface area contributed by atoms with Gasteiger partial charge in [0.05, 0.1) is 18.2 Å². The van der Waals surface area contributed by atoms with E-state index in [2.05, 4.69) is 10.1 Å². The monoisotopic (exact) mass is 287 g/mol. The van der Waals surface area contributed by atoms with Crippen LogP contribution < -0.4 is 5.32 Å². The second-order valence-corrected chi connectivity index (χ2v) is 3.96. The van der Waals surface area contributed by atoms with Crippen LogP contribution in [-0.4, -0.2) is 31.2 Å². The fourth-order valence-electron chi connectivity index (χ4n) is 1.57. The Labute approximate surface area is 123 Å². The number of carbonyl (C=O) groups is 2. The zero-order chi connectivity index (χ0) is 15.7. The normalized spacial score (nSPS) is 9.05. The molecule has 110 valence electrons. The molecule has 2 rings (SSSR count). The van der Waals surface area contributed by atoms with Crippen molar-refractivity contribution < 1.29 is 19.4 Å². The van der Waals surface area contributed by atoms with Gasteiger partial charge in [0.1, 0.15) is 0 Å². The lowest BCUT2D eigenvalue weighted by Crippen LogP contribution is -2.04. The summed E-state index contributed by atoms with van der Waals surface area (Å²) in [7, 11) is 3.14. The molecule has 0 spiro atoms. The van der Waals surface area contributed by atoms with Crippen molar-refractivity contribution in [3.63, 3.8) is 0 Å². The molecule has 0 aliphatic carbocycles. The van der Waals surface area contributed by atoms with Crippen LogP contribution in [0.5, 0.6) is 0 Å². The van der Waals surface area contributed by atoms with Gasteiger partial charge in [0.15, 0.2) is 0 Å². The van der Waals surface area contributed by atoms with Crippen molar-refractivity contribution in [1.82, 2.24) is 0 Å². The molecular weight excluding hydrogens is 270 g/mol. The molecule has 5 heteroatoms. The summed E-state index contributed by atoms with van der Waals surface area (Å²) < 4.78 is 4.60. The molecule has 0 amide bonds. The fourth-order valence-corrected chi connectivity index (χ4v) is 1.57. The first-order valence-corrected chi connectivity index (χ1v) is 6.23. The molecule has 0 saturated carbocycles. The Hall–Kier alpha value is -2.82. The number of nitrogens with one attached hydrogen (secondary N) is 1. The Morgan fingerprint density at radius 3 is 2.05 bits per heavy atom. The largest absolute Gasteiger partial charge is 0.478 e. The van der Waals surface area contributed by atoms with Gasteiger partial charge in [0, 0.05) is 12.7 Å². The molecule has 2 aromatic carbocycles. The van der Waals surface area contributed by atoms with Crippen LogP contribution >= 0.6 is 0 Å². The highest BCUT2D eigenvalue weighted by atomic mass is 16.5. The lowest BCUT2D eigenvalue weighted by Gasteiger charge is -2.05. The van der Waals surface area contributed by atoms with Crippen LogP contribution in [0.4, 0.5) is 5.69 Å². The molecule has 0 aromatic heterocycles. The third-order valence-corrected chi connectivity index (χ3v) is 2.62. The molecule has 5 nitrogen and oxygen atoms in total. The lowest BCUT2D eigenvalue weighted by atomic mass is 10.2. The maximum atomic E-state index is 11.1. The minimum atomic E-state index is -0.879. The average Bonchev–Trinajstić information content (AvgIpc) is 2.55. The van der Waals surface area contributed by atoms with E-state index in [0.29, 0.717) is 11.1 Å². The SMILES string of the molecule is CNc1ccccc1C(=O)OC.O=C(O)c1ccccc1. The van der Waals surface area contributed by atoms with Crippen molar-refractivity contribution in [3.8, 4) is 0 Å². The highest BCUT2D eigenvalue weighted by molar-refractivity contribution is 5.95. The van der Waals surface area contributed by atoms with Crippen molar-refractivity contribution in [2.45, 2.75) is 0 Å². The number of aromatic carboxylic acids is 1. The molecule has 0 aliphatic rings. The van der Waals surface area contributed by atoms with Gasteiger partial charge in [-0.1, -0.05) is 30.3 Å². The first kappa shape index (κ1) is 16.2. The highest BCUT2D eigenvalue weighted by Crippen LogP contribution is 2.14. The van der Waals surface area contributed by atoms with E-state index in [1.165, 1.54) is 7.11 Å². The number of ether oxygens (including phenoxy) is 1. The molecule has 2 aromatic rings. The average molecular weight is 287 g/mol. The molecule has 2 N–H and O–H groups in total. The van der Waals surface area contributed by atoms with Gasteiger partial charge in [-0.3, -0.25) is 0 Å². The number of para-hydroxylation sites is 1. The van der Waals surface area contributed by atoms with Crippen molar-refractivity contribution in [1.29, 1.82) is 0 Å². The number of benzene rings is 2. The van der Waals surface area contributed by atoms with Crippen LogP contribution in [0, 0.1) is 0 Å². The van der Waals surface area contributed by atoms with Crippen molar-refractivity contribution >= 4 is 17.6 Å². The molecule has 0 aliphatic heterocycles. The van der Waals surface area contributed by atoms with Crippen molar-refractivity contribution in [2.24, 2.45) is 0 Å². The van der Waals surface area contributed by atoms with Gasteiger partial charge in [-0.15, -0.1) is 0 Å². The molecule has 21 heavy (non-hydrogen) atoms. The van der Waals surface area contributed by atoms with Gasteiger partial charge in [-0.25, -0.2) is 9.59 Å². The summed E-state index contributed by atoms with van der Waals surface area (Å²) in [6.45, 7) is 0. The Balaban J connectivity index is 0.000000219. The molecule has 0 radical (unpaired) electrons. The molecule has 0 unspecified atom stereocenters. The Bertz CT molecular complexity index is 596. The lowest BCUT2D eigenvalue weighted by molar-refractivity contribution is 0.0601. The topological polar surface area (TPSA) is 75.6 Å². The Morgan fingerprint density at radius 2 is 1.57 bits per heavy atom. The van der Waals surface area contributed by atoms with E-state index in [-0.39, 0.29) is 5.97 Å². The van der Waals surface area contributed by atoms with E-state index in [4.69, 9.17) is 5.11 Å². The summed E-state index contributed by atoms with van der Waals surface area (Å²) in [6.07, 6.45) is 0. The molecular formula is C16H17NO4. The van der Waals surface area contributed by atoms with Gasteiger partial charge in [-0.2, -0.15) is 0 Å². The first-order chi connectivity index (χ1) is 10.1. The number of hydrogen-bond donors (Lipinski definition) is 2. The summed E-state index contributed by atoms with van der Waals surface area (Å²) in [5, 5.41) is 11.3. The summed E-state index contributed by atoms with van der Waals surface area (Å²) >= 11 is 0. The van der Waals surface area contributed by atoms with E-state index in [1.807, 2.05) is 12.1 Å². The zero-order valence-corrected chi connectivity index (χ0v) is 11.9. The Kier molecular flexibility index (Phi) is 6.47. The van der Waals surface area contributed by atoms with Gasteiger partial charge in [0.2, 0.25) is 0 Å². The standard InChI is InChI=1S/C9H11NO2.C7H6O2/c1-10-8-6-4-3-5-7(8)9(11)12-2;8-7(9)6-4-2-1-3-5-6/h3-6,10H,1-2H3;1-5H,(H,8,9). The first-order valence-electron chi connectivity index (χ1n) is 6.23. The zero-order valence-electron chi connectivity index (χ0n) is 11.9. The summed E-state index contributed by atoms with van der Waals surface area (Å²) in [4.78, 5) is 21.3. The summed E-state index contributed by atoms with van der Waals surface area (Å²) in [5.74, 6) is -1.20. The molecule has 0 heterocycles. The number of methoxy groups -OCH3 is 1. The van der Waals surface area contributed by atoms with E-state index in [1.54, 1.807) is 49.5 Å². The minimum Gasteiger partial charge on any atom is -0.478 e. The number of carboxylic acids is 1. The van der Waals surface area contributed by atoms with Crippen molar-refractivity contribution in [3.05, 3.63) is 65.7 Å². The summed E-state index contributed by atoms with van der Waals surface area (Å²) in [6, 6.07) is 15.5. The number of carboxylic acid groups (broad SMARTS) is 1. The van der Waals surface area contributed by atoms with Crippen LogP contribution in [0.15, 0.2) is 54.6 Å². The van der Waals surface area contributed by atoms with E-state index >= 15 is 0 Å². The Morgan fingerprint density at radius 1 is 1.00 bits per heavy atom. The van der Waals surface area contributed by atoms with E-state index < -0.39 is 5.97 Å². The number of carbonyl (C=O) groups excluding carboxylic acids is 1. The smallest absolute Gasteiger partial charge is 0.339 e. The predicted molar refractivity (Wildman–Crippen MR) is 80.7 cm³/mol. The maximum absolute atomic E-state index is 11.1. The van der Waals surface area contributed by atoms with Gasteiger partial charge >= 0.3 is 11.9 Å². The van der Waals surface area contributed by atoms with E-state index in [0.717, 1.165) is 5.69 Å². The van der Waals surface area contributed by atoms with Gasteiger partial charge in [-0.05, 0) is 24.3 Å². The van der Waals surface area contributed by atoms with Gasteiger partial charge in [0.25, 0.3) is 0 Å². The predicted octanol–water partition coefficient (Wildman–Crippen LogP) is 2.90. The fraction of sp³-hybridized carbons (Fsp3) is 0.125. The molecule has 0 atom stereocenters. The second-order valence-electron chi connectivity index (χ2n) is 3.96. The third-order valence-electron chi connectivity index (χ3n) is 2.62. The highest BCUT2D eigenvalue weighted by Gasteiger charge is 2.08. The van der Waals surface area contributed by atoms with E-state index in [9.17, 15) is 9.59 Å². The van der Waals surface area contributed by atoms with Crippen molar-refractivity contribution in [2.75, 3.05) is 19.5 Å². The number of rotatable bonds is 3. The summed E-state index contributed by atoms with van der Waals surface area (Å²) in [5.41, 5.74) is 1.67. The number of anilines is 1. The minimum absolute atomic E-state index is 0.319. The number of hydrogen-bond acceptors (Lipinski definition) is 4. The molecule has 0 fully saturated rings. The quantitative estimate of drug-likeness (QED) is 0.849. The van der Waals surface area contributed by atoms with Crippen LogP contribution in [-0.2, 0) is 4.74 Å². The van der Waals surface area contributed by atoms with Crippen LogP contribution in [0.1, 0.15) is 20.7 Å².